The number of alkyl halides is 3. The van der Waals surface area contributed by atoms with Gasteiger partial charge in [0.2, 0.25) is 0 Å². The van der Waals surface area contributed by atoms with E-state index in [9.17, 15) is 13.2 Å². The minimum atomic E-state index is -4.31. The third-order valence-corrected chi connectivity index (χ3v) is 3.56. The molecular formula is C15H13F3N2. The molecule has 1 heterocycles. The Morgan fingerprint density at radius 3 is 2.15 bits per heavy atom. The summed E-state index contributed by atoms with van der Waals surface area (Å²) in [6.07, 6.45) is -1.58. The molecule has 5 heteroatoms. The van der Waals surface area contributed by atoms with Crippen LogP contribution in [-0.2, 0) is 6.18 Å². The van der Waals surface area contributed by atoms with Crippen LogP contribution >= 0.6 is 0 Å². The Morgan fingerprint density at radius 2 is 1.70 bits per heavy atom. The van der Waals surface area contributed by atoms with Crippen LogP contribution in [0.15, 0.2) is 42.6 Å². The van der Waals surface area contributed by atoms with E-state index in [4.69, 9.17) is 5.73 Å². The van der Waals surface area contributed by atoms with Crippen molar-refractivity contribution >= 4 is 0 Å². The highest BCUT2D eigenvalue weighted by atomic mass is 19.4. The molecule has 104 valence electrons. The van der Waals surface area contributed by atoms with E-state index in [-0.39, 0.29) is 6.04 Å². The van der Waals surface area contributed by atoms with Gasteiger partial charge < -0.3 is 5.73 Å². The van der Waals surface area contributed by atoms with Crippen molar-refractivity contribution < 1.29 is 13.2 Å². The maximum Gasteiger partial charge on any atom is 0.416 e. The molecule has 0 spiro atoms. The second kappa shape index (κ2) is 4.59. The van der Waals surface area contributed by atoms with Gasteiger partial charge in [-0.2, -0.15) is 13.2 Å². The van der Waals surface area contributed by atoms with Crippen molar-refractivity contribution in [1.82, 2.24) is 4.98 Å². The molecule has 3 rings (SSSR count). The summed E-state index contributed by atoms with van der Waals surface area (Å²) < 4.78 is 37.4. The molecule has 1 aromatic heterocycles. The van der Waals surface area contributed by atoms with E-state index in [1.54, 1.807) is 6.20 Å². The molecule has 20 heavy (non-hydrogen) atoms. The van der Waals surface area contributed by atoms with Gasteiger partial charge in [-0.1, -0.05) is 18.2 Å². The van der Waals surface area contributed by atoms with Crippen LogP contribution in [0.4, 0.5) is 13.2 Å². The molecule has 0 saturated heterocycles. The molecule has 2 nitrogen and oxygen atoms in total. The third-order valence-electron chi connectivity index (χ3n) is 3.56. The third kappa shape index (κ3) is 2.54. The summed E-state index contributed by atoms with van der Waals surface area (Å²) in [5, 5.41) is 0. The van der Waals surface area contributed by atoms with Crippen molar-refractivity contribution in [3.8, 4) is 11.3 Å². The highest BCUT2D eigenvalue weighted by molar-refractivity contribution is 5.59. The van der Waals surface area contributed by atoms with Crippen LogP contribution in [0.2, 0.25) is 0 Å². The van der Waals surface area contributed by atoms with Gasteiger partial charge in [-0.15, -0.1) is 0 Å². The first-order valence-corrected chi connectivity index (χ1v) is 6.34. The monoisotopic (exact) mass is 278 g/mol. The normalized spacial score (nSPS) is 21.8. The van der Waals surface area contributed by atoms with Gasteiger partial charge in [0, 0.05) is 23.7 Å². The van der Waals surface area contributed by atoms with Crippen molar-refractivity contribution in [2.24, 2.45) is 5.73 Å². The number of rotatable bonds is 2. The second-order valence-electron chi connectivity index (χ2n) is 5.06. The summed E-state index contributed by atoms with van der Waals surface area (Å²) >= 11 is 0. The average Bonchev–Trinajstić information content (AvgIpc) is 3.15. The molecule has 0 aliphatic heterocycles. The van der Waals surface area contributed by atoms with Gasteiger partial charge in [-0.25, -0.2) is 0 Å². The fourth-order valence-electron chi connectivity index (χ4n) is 2.22. The van der Waals surface area contributed by atoms with Gasteiger partial charge in [0.25, 0.3) is 0 Å². The van der Waals surface area contributed by atoms with E-state index in [2.05, 4.69) is 4.98 Å². The standard InChI is InChI=1S/C15H13F3N2/c16-15(17,18)11-4-1-9(2-5-11)14-6-3-10(8-20-14)12-7-13(12)19/h1-6,8,12-13H,7,19H2. The van der Waals surface area contributed by atoms with Crippen LogP contribution in [0, 0.1) is 0 Å². The highest BCUT2D eigenvalue weighted by Crippen LogP contribution is 2.39. The van der Waals surface area contributed by atoms with Crippen LogP contribution < -0.4 is 5.73 Å². The number of hydrogen-bond donors (Lipinski definition) is 1. The number of hydrogen-bond acceptors (Lipinski definition) is 2. The van der Waals surface area contributed by atoms with Crippen molar-refractivity contribution in [1.29, 1.82) is 0 Å². The van der Waals surface area contributed by atoms with Gasteiger partial charge in [0.05, 0.1) is 11.3 Å². The van der Waals surface area contributed by atoms with E-state index < -0.39 is 11.7 Å². The molecule has 1 fully saturated rings. The molecular weight excluding hydrogens is 265 g/mol. The molecule has 0 radical (unpaired) electrons. The molecule has 1 aliphatic carbocycles. The first-order chi connectivity index (χ1) is 9.45. The van der Waals surface area contributed by atoms with Crippen molar-refractivity contribution in [3.05, 3.63) is 53.7 Å². The Morgan fingerprint density at radius 1 is 1.05 bits per heavy atom. The maximum atomic E-state index is 12.5. The predicted molar refractivity (Wildman–Crippen MR) is 70.0 cm³/mol. The lowest BCUT2D eigenvalue weighted by molar-refractivity contribution is -0.137. The van der Waals surface area contributed by atoms with Crippen molar-refractivity contribution in [2.75, 3.05) is 0 Å². The summed E-state index contributed by atoms with van der Waals surface area (Å²) in [6, 6.07) is 9.00. The molecule has 2 unspecified atom stereocenters. The van der Waals surface area contributed by atoms with Crippen molar-refractivity contribution in [3.63, 3.8) is 0 Å². The minimum Gasteiger partial charge on any atom is -0.327 e. The first-order valence-electron chi connectivity index (χ1n) is 6.34. The lowest BCUT2D eigenvalue weighted by Gasteiger charge is -2.07. The Hall–Kier alpha value is -1.88. The first kappa shape index (κ1) is 13.1. The molecule has 1 saturated carbocycles. The molecule has 0 amide bonds. The largest absolute Gasteiger partial charge is 0.416 e. The fraction of sp³-hybridized carbons (Fsp3) is 0.267. The van der Waals surface area contributed by atoms with E-state index in [1.807, 2.05) is 12.1 Å². The number of nitrogens with two attached hydrogens (primary N) is 1. The van der Waals surface area contributed by atoms with E-state index in [1.165, 1.54) is 12.1 Å². The second-order valence-corrected chi connectivity index (χ2v) is 5.06. The van der Waals surface area contributed by atoms with E-state index in [0.29, 0.717) is 17.2 Å². The quantitative estimate of drug-likeness (QED) is 0.911. The van der Waals surface area contributed by atoms with Gasteiger partial charge in [-0.3, -0.25) is 4.98 Å². The Bertz CT molecular complexity index is 603. The topological polar surface area (TPSA) is 38.9 Å². The van der Waals surface area contributed by atoms with Gasteiger partial charge in [-0.05, 0) is 30.2 Å². The van der Waals surface area contributed by atoms with Crippen LogP contribution in [0.25, 0.3) is 11.3 Å². The minimum absolute atomic E-state index is 0.216. The van der Waals surface area contributed by atoms with Crippen LogP contribution in [0.5, 0.6) is 0 Å². The van der Waals surface area contributed by atoms with E-state index in [0.717, 1.165) is 24.1 Å². The number of aromatic nitrogens is 1. The molecule has 2 aromatic rings. The fourth-order valence-corrected chi connectivity index (χ4v) is 2.22. The highest BCUT2D eigenvalue weighted by Gasteiger charge is 2.35. The molecule has 2 atom stereocenters. The van der Waals surface area contributed by atoms with E-state index >= 15 is 0 Å². The van der Waals surface area contributed by atoms with Crippen LogP contribution in [0.3, 0.4) is 0 Å². The van der Waals surface area contributed by atoms with Crippen molar-refractivity contribution in [2.45, 2.75) is 24.6 Å². The lowest BCUT2D eigenvalue weighted by atomic mass is 10.1. The molecule has 2 N–H and O–H groups in total. The Kier molecular flexibility index (Phi) is 3.01. The molecule has 1 aliphatic rings. The zero-order valence-corrected chi connectivity index (χ0v) is 10.6. The number of halogens is 3. The number of pyridine rings is 1. The summed E-state index contributed by atoms with van der Waals surface area (Å²) in [5.41, 5.74) is 7.55. The lowest BCUT2D eigenvalue weighted by Crippen LogP contribution is -2.04. The Balaban J connectivity index is 1.82. The zero-order chi connectivity index (χ0) is 14.3. The molecule has 1 aromatic carbocycles. The Labute approximate surface area is 114 Å². The maximum absolute atomic E-state index is 12.5. The zero-order valence-electron chi connectivity index (χ0n) is 10.6. The van der Waals surface area contributed by atoms with Gasteiger partial charge >= 0.3 is 6.18 Å². The summed E-state index contributed by atoms with van der Waals surface area (Å²) in [7, 11) is 0. The van der Waals surface area contributed by atoms with Crippen LogP contribution in [0.1, 0.15) is 23.5 Å². The summed E-state index contributed by atoms with van der Waals surface area (Å²) in [5.74, 6) is 0.379. The molecule has 0 bridgehead atoms. The van der Waals surface area contributed by atoms with Gasteiger partial charge in [0.15, 0.2) is 0 Å². The number of nitrogens with zero attached hydrogens (tertiary/aromatic N) is 1. The summed E-state index contributed by atoms with van der Waals surface area (Å²) in [4.78, 5) is 4.30. The van der Waals surface area contributed by atoms with Crippen LogP contribution in [-0.4, -0.2) is 11.0 Å². The average molecular weight is 278 g/mol. The van der Waals surface area contributed by atoms with Gasteiger partial charge in [0.1, 0.15) is 0 Å². The number of benzene rings is 1. The smallest absolute Gasteiger partial charge is 0.327 e. The SMILES string of the molecule is NC1CC1c1ccc(-c2ccc(C(F)(F)F)cc2)nc1. The predicted octanol–water partition coefficient (Wildman–Crippen LogP) is 3.58. The summed E-state index contributed by atoms with van der Waals surface area (Å²) in [6.45, 7) is 0.